The van der Waals surface area contributed by atoms with Gasteiger partial charge in [-0.05, 0) is 48.4 Å². The second kappa shape index (κ2) is 9.42. The van der Waals surface area contributed by atoms with Gasteiger partial charge in [0, 0.05) is 23.2 Å². The minimum Gasteiger partial charge on any atom is -0.493 e. The number of aromatic nitrogens is 1. The molecule has 146 valence electrons. The van der Waals surface area contributed by atoms with Gasteiger partial charge in [0.1, 0.15) is 11.5 Å². The van der Waals surface area contributed by atoms with Gasteiger partial charge in [0.15, 0.2) is 5.76 Å². The molecule has 0 saturated heterocycles. The number of rotatable bonds is 8. The first kappa shape index (κ1) is 20.0. The molecule has 3 rings (SSSR count). The Bertz CT molecular complexity index is 923. The molecule has 1 amide bonds. The summed E-state index contributed by atoms with van der Waals surface area (Å²) in [7, 11) is 0. The quantitative estimate of drug-likeness (QED) is 0.587. The van der Waals surface area contributed by atoms with Crippen LogP contribution in [-0.2, 0) is 13.0 Å². The van der Waals surface area contributed by atoms with Gasteiger partial charge in [0.25, 0.3) is 5.91 Å². The molecule has 28 heavy (non-hydrogen) atoms. The molecule has 1 aromatic carbocycles. The average Bonchev–Trinajstić information content (AvgIpc) is 3.15. The number of benzene rings is 1. The van der Waals surface area contributed by atoms with E-state index < -0.39 is 0 Å². The van der Waals surface area contributed by atoms with Crippen LogP contribution in [0.4, 0.5) is 0 Å². The molecule has 0 aliphatic rings. The smallest absolute Gasteiger partial charge is 0.287 e. The number of carbonyl (C=O) groups excluding carboxylic acids is 1. The number of carbonyl (C=O) groups is 1. The van der Waals surface area contributed by atoms with Gasteiger partial charge in [-0.2, -0.15) is 0 Å². The third-order valence-electron chi connectivity index (χ3n) is 4.00. The molecule has 0 spiro atoms. The lowest BCUT2D eigenvalue weighted by Crippen LogP contribution is -2.22. The van der Waals surface area contributed by atoms with Crippen LogP contribution < -0.4 is 10.1 Å². The van der Waals surface area contributed by atoms with Crippen LogP contribution in [0.1, 0.15) is 41.4 Å². The predicted octanol–water partition coefficient (Wildman–Crippen LogP) is 4.88. The van der Waals surface area contributed by atoms with E-state index in [1.54, 1.807) is 24.4 Å². The van der Waals surface area contributed by atoms with Gasteiger partial charge in [-0.25, -0.2) is 0 Å². The summed E-state index contributed by atoms with van der Waals surface area (Å²) in [5, 5.41) is 3.44. The number of nitrogens with one attached hydrogen (secondary N) is 1. The van der Waals surface area contributed by atoms with E-state index in [4.69, 9.17) is 20.8 Å². The van der Waals surface area contributed by atoms with Crippen LogP contribution in [0, 0.1) is 5.92 Å². The molecular weight excluding hydrogens is 376 g/mol. The third-order valence-corrected chi connectivity index (χ3v) is 4.24. The van der Waals surface area contributed by atoms with Crippen molar-refractivity contribution in [3.63, 3.8) is 0 Å². The van der Waals surface area contributed by atoms with Gasteiger partial charge in [0.2, 0.25) is 0 Å². The summed E-state index contributed by atoms with van der Waals surface area (Å²) in [4.78, 5) is 16.5. The average molecular weight is 399 g/mol. The summed E-state index contributed by atoms with van der Waals surface area (Å²) in [6.07, 6.45) is 2.18. The van der Waals surface area contributed by atoms with E-state index in [9.17, 15) is 4.79 Å². The summed E-state index contributed by atoms with van der Waals surface area (Å²) >= 11 is 6.14. The van der Waals surface area contributed by atoms with Crippen molar-refractivity contribution >= 4 is 17.5 Å². The summed E-state index contributed by atoms with van der Waals surface area (Å²) in [5.41, 5.74) is 1.71. The molecule has 0 fully saturated rings. The van der Waals surface area contributed by atoms with E-state index in [1.165, 1.54) is 0 Å². The van der Waals surface area contributed by atoms with Crippen molar-refractivity contribution in [3.05, 3.63) is 82.5 Å². The first-order chi connectivity index (χ1) is 13.5. The van der Waals surface area contributed by atoms with Gasteiger partial charge in [-0.3, -0.25) is 9.78 Å². The van der Waals surface area contributed by atoms with Crippen molar-refractivity contribution in [2.75, 3.05) is 6.61 Å². The lowest BCUT2D eigenvalue weighted by Gasteiger charge is -2.13. The second-order valence-electron chi connectivity index (χ2n) is 6.90. The SMILES string of the molecule is CC(C)COc1ccc(Cl)cc1Cc1ccc(C(=O)NCc2ccccn2)o1. The van der Waals surface area contributed by atoms with Crippen LogP contribution in [-0.4, -0.2) is 17.5 Å². The van der Waals surface area contributed by atoms with Crippen molar-refractivity contribution in [1.29, 1.82) is 0 Å². The molecule has 5 nitrogen and oxygen atoms in total. The number of halogens is 1. The Labute approximate surface area is 169 Å². The van der Waals surface area contributed by atoms with Gasteiger partial charge >= 0.3 is 0 Å². The standard InChI is InChI=1S/C22H23ClN2O3/c1-15(2)14-27-20-8-6-17(23)11-16(20)12-19-7-9-21(28-19)22(26)25-13-18-5-3-4-10-24-18/h3-11,15H,12-14H2,1-2H3,(H,25,26). The van der Waals surface area contributed by atoms with E-state index in [-0.39, 0.29) is 11.7 Å². The van der Waals surface area contributed by atoms with E-state index in [0.717, 1.165) is 17.0 Å². The van der Waals surface area contributed by atoms with E-state index >= 15 is 0 Å². The maximum absolute atomic E-state index is 12.3. The number of hydrogen-bond acceptors (Lipinski definition) is 4. The molecule has 6 heteroatoms. The van der Waals surface area contributed by atoms with Crippen LogP contribution in [0.5, 0.6) is 5.75 Å². The van der Waals surface area contributed by atoms with Gasteiger partial charge in [-0.15, -0.1) is 0 Å². The predicted molar refractivity (Wildman–Crippen MR) is 109 cm³/mol. The molecule has 0 aliphatic heterocycles. The van der Waals surface area contributed by atoms with Crippen molar-refractivity contribution in [2.24, 2.45) is 5.92 Å². The zero-order chi connectivity index (χ0) is 19.9. The Morgan fingerprint density at radius 1 is 1.21 bits per heavy atom. The monoisotopic (exact) mass is 398 g/mol. The third kappa shape index (κ3) is 5.60. The Balaban J connectivity index is 1.65. The fraction of sp³-hybridized carbons (Fsp3) is 0.273. The Kier molecular flexibility index (Phi) is 6.71. The van der Waals surface area contributed by atoms with Gasteiger partial charge in [0.05, 0.1) is 18.8 Å². The maximum atomic E-state index is 12.3. The molecule has 3 aromatic rings. The molecule has 0 unspecified atom stereocenters. The number of amides is 1. The lowest BCUT2D eigenvalue weighted by molar-refractivity contribution is 0.0921. The highest BCUT2D eigenvalue weighted by molar-refractivity contribution is 6.30. The number of furan rings is 1. The van der Waals surface area contributed by atoms with Crippen molar-refractivity contribution in [2.45, 2.75) is 26.8 Å². The Hall–Kier alpha value is -2.79. The lowest BCUT2D eigenvalue weighted by atomic mass is 10.1. The molecule has 1 N–H and O–H groups in total. The normalized spacial score (nSPS) is 10.9. The number of ether oxygens (including phenoxy) is 1. The highest BCUT2D eigenvalue weighted by Gasteiger charge is 2.14. The van der Waals surface area contributed by atoms with Crippen LogP contribution in [0.3, 0.4) is 0 Å². The topological polar surface area (TPSA) is 64.4 Å². The first-order valence-corrected chi connectivity index (χ1v) is 9.57. The van der Waals surface area contributed by atoms with Crippen molar-refractivity contribution < 1.29 is 13.9 Å². The summed E-state index contributed by atoms with van der Waals surface area (Å²) in [6.45, 7) is 5.15. The van der Waals surface area contributed by atoms with Crippen LogP contribution in [0.25, 0.3) is 0 Å². The fourth-order valence-electron chi connectivity index (χ4n) is 2.63. The molecular formula is C22H23ClN2O3. The molecule has 0 saturated carbocycles. The van der Waals surface area contributed by atoms with Crippen LogP contribution >= 0.6 is 11.6 Å². The van der Waals surface area contributed by atoms with Crippen LogP contribution in [0.15, 0.2) is 59.1 Å². The zero-order valence-electron chi connectivity index (χ0n) is 15.9. The van der Waals surface area contributed by atoms with Gasteiger partial charge in [-0.1, -0.05) is 31.5 Å². The Morgan fingerprint density at radius 3 is 2.82 bits per heavy atom. The van der Waals surface area contributed by atoms with E-state index in [1.807, 2.05) is 30.3 Å². The minimum atomic E-state index is -0.278. The summed E-state index contributed by atoms with van der Waals surface area (Å²) in [5.74, 6) is 1.84. The van der Waals surface area contributed by atoms with E-state index in [0.29, 0.717) is 36.3 Å². The van der Waals surface area contributed by atoms with Crippen molar-refractivity contribution in [1.82, 2.24) is 10.3 Å². The molecule has 0 atom stereocenters. The van der Waals surface area contributed by atoms with Crippen molar-refractivity contribution in [3.8, 4) is 5.75 Å². The fourth-order valence-corrected chi connectivity index (χ4v) is 2.82. The van der Waals surface area contributed by atoms with Crippen LogP contribution in [0.2, 0.25) is 5.02 Å². The largest absolute Gasteiger partial charge is 0.493 e. The summed E-state index contributed by atoms with van der Waals surface area (Å²) < 4.78 is 11.6. The zero-order valence-corrected chi connectivity index (χ0v) is 16.7. The highest BCUT2D eigenvalue weighted by Crippen LogP contribution is 2.26. The minimum absolute atomic E-state index is 0.262. The second-order valence-corrected chi connectivity index (χ2v) is 7.34. The number of pyridine rings is 1. The number of nitrogens with zero attached hydrogens (tertiary/aromatic N) is 1. The number of hydrogen-bond donors (Lipinski definition) is 1. The highest BCUT2D eigenvalue weighted by atomic mass is 35.5. The molecule has 2 heterocycles. The Morgan fingerprint density at radius 2 is 2.07 bits per heavy atom. The summed E-state index contributed by atoms with van der Waals surface area (Å²) in [6, 6.07) is 14.6. The maximum Gasteiger partial charge on any atom is 0.287 e. The van der Waals surface area contributed by atoms with E-state index in [2.05, 4.69) is 24.1 Å². The van der Waals surface area contributed by atoms with Gasteiger partial charge < -0.3 is 14.5 Å². The molecule has 2 aromatic heterocycles. The molecule has 0 bridgehead atoms. The molecule has 0 radical (unpaired) electrons. The first-order valence-electron chi connectivity index (χ1n) is 9.19. The molecule has 0 aliphatic carbocycles.